The van der Waals surface area contributed by atoms with Gasteiger partial charge in [0.1, 0.15) is 0 Å². The van der Waals surface area contributed by atoms with Crippen LogP contribution in [-0.4, -0.2) is 41.2 Å². The maximum absolute atomic E-state index is 12.0. The standard InChI is InChI=1S/C19H39NO2/c1-5-9-13-14-18(19(21)22)20(15-10-6-2,16-11-7-3)17-12-8-4/h18H,5-17H2,1-4H3/p+1. The fourth-order valence-electron chi connectivity index (χ4n) is 3.44. The number of nitrogens with zero attached hydrogens (tertiary/aromatic N) is 1. The molecule has 22 heavy (non-hydrogen) atoms. The van der Waals surface area contributed by atoms with Gasteiger partial charge in [-0.1, -0.05) is 59.8 Å². The van der Waals surface area contributed by atoms with Crippen LogP contribution < -0.4 is 0 Å². The molecule has 132 valence electrons. The Morgan fingerprint density at radius 2 is 1.18 bits per heavy atom. The second-order valence-corrected chi connectivity index (χ2v) is 6.80. The molecule has 1 N–H and O–H groups in total. The van der Waals surface area contributed by atoms with E-state index in [4.69, 9.17) is 0 Å². The molecular formula is C19H40NO2+. The summed E-state index contributed by atoms with van der Waals surface area (Å²) in [5.41, 5.74) is 0. The van der Waals surface area contributed by atoms with Crippen molar-refractivity contribution in [2.45, 2.75) is 97.9 Å². The molecule has 0 bridgehead atoms. The van der Waals surface area contributed by atoms with Gasteiger partial charge in [0.05, 0.1) is 19.6 Å². The number of hydrogen-bond donors (Lipinski definition) is 1. The van der Waals surface area contributed by atoms with Gasteiger partial charge in [-0.25, -0.2) is 4.79 Å². The van der Waals surface area contributed by atoms with Crippen LogP contribution in [-0.2, 0) is 4.79 Å². The molecule has 0 saturated carbocycles. The summed E-state index contributed by atoms with van der Waals surface area (Å²) in [6.07, 6.45) is 11.1. The lowest BCUT2D eigenvalue weighted by molar-refractivity contribution is -0.944. The van der Waals surface area contributed by atoms with E-state index in [-0.39, 0.29) is 6.04 Å². The summed E-state index contributed by atoms with van der Waals surface area (Å²) < 4.78 is 0.828. The smallest absolute Gasteiger partial charge is 0.362 e. The van der Waals surface area contributed by atoms with Crippen molar-refractivity contribution in [1.82, 2.24) is 0 Å². The zero-order valence-corrected chi connectivity index (χ0v) is 15.6. The van der Waals surface area contributed by atoms with Crippen molar-refractivity contribution in [1.29, 1.82) is 0 Å². The summed E-state index contributed by atoms with van der Waals surface area (Å²) in [4.78, 5) is 12.0. The van der Waals surface area contributed by atoms with Gasteiger partial charge in [-0.3, -0.25) is 0 Å². The zero-order chi connectivity index (χ0) is 16.8. The fraction of sp³-hybridized carbons (Fsp3) is 0.947. The van der Waals surface area contributed by atoms with Gasteiger partial charge in [0, 0.05) is 6.42 Å². The molecule has 3 nitrogen and oxygen atoms in total. The highest BCUT2D eigenvalue weighted by Gasteiger charge is 2.40. The highest BCUT2D eigenvalue weighted by Crippen LogP contribution is 2.24. The van der Waals surface area contributed by atoms with Crippen LogP contribution in [0.2, 0.25) is 0 Å². The van der Waals surface area contributed by atoms with Crippen molar-refractivity contribution in [3.8, 4) is 0 Å². The van der Waals surface area contributed by atoms with Gasteiger partial charge in [0.15, 0.2) is 6.04 Å². The second kappa shape index (κ2) is 12.9. The lowest BCUT2D eigenvalue weighted by atomic mass is 10.0. The first-order valence-electron chi connectivity index (χ1n) is 9.66. The number of carboxylic acid groups (broad SMARTS) is 1. The molecule has 0 fully saturated rings. The van der Waals surface area contributed by atoms with Gasteiger partial charge in [-0.15, -0.1) is 0 Å². The summed E-state index contributed by atoms with van der Waals surface area (Å²) in [6.45, 7) is 11.9. The van der Waals surface area contributed by atoms with Crippen LogP contribution in [0.5, 0.6) is 0 Å². The Balaban J connectivity index is 5.21. The molecule has 0 aromatic rings. The van der Waals surface area contributed by atoms with Gasteiger partial charge in [0.25, 0.3) is 0 Å². The van der Waals surface area contributed by atoms with Crippen LogP contribution in [0.1, 0.15) is 91.9 Å². The quantitative estimate of drug-likeness (QED) is 0.331. The van der Waals surface area contributed by atoms with Gasteiger partial charge in [-0.2, -0.15) is 0 Å². The van der Waals surface area contributed by atoms with E-state index in [0.29, 0.717) is 0 Å². The number of quaternary nitrogens is 1. The van der Waals surface area contributed by atoms with Gasteiger partial charge in [-0.05, 0) is 25.7 Å². The van der Waals surface area contributed by atoms with Crippen molar-refractivity contribution in [3.63, 3.8) is 0 Å². The molecule has 0 radical (unpaired) electrons. The van der Waals surface area contributed by atoms with Crippen LogP contribution in [0.4, 0.5) is 0 Å². The topological polar surface area (TPSA) is 37.3 Å². The summed E-state index contributed by atoms with van der Waals surface area (Å²) in [5, 5.41) is 9.89. The maximum Gasteiger partial charge on any atom is 0.362 e. The number of rotatable bonds is 15. The molecule has 0 aromatic carbocycles. The molecule has 0 rings (SSSR count). The average Bonchev–Trinajstić information content (AvgIpc) is 2.51. The van der Waals surface area contributed by atoms with Crippen LogP contribution >= 0.6 is 0 Å². The monoisotopic (exact) mass is 314 g/mol. The Hall–Kier alpha value is -0.570. The van der Waals surface area contributed by atoms with Crippen molar-refractivity contribution in [2.75, 3.05) is 19.6 Å². The molecular weight excluding hydrogens is 274 g/mol. The molecule has 1 atom stereocenters. The number of aliphatic carboxylic acids is 1. The lowest BCUT2D eigenvalue weighted by Crippen LogP contribution is -2.60. The average molecular weight is 315 g/mol. The molecule has 0 aliphatic rings. The molecule has 0 spiro atoms. The SMILES string of the molecule is CCCCCC(C(=O)O)[N+](CCCC)(CCCC)CCCC. The fourth-order valence-corrected chi connectivity index (χ4v) is 3.44. The van der Waals surface area contributed by atoms with E-state index in [9.17, 15) is 9.90 Å². The van der Waals surface area contributed by atoms with E-state index in [0.717, 1.165) is 88.3 Å². The number of hydrogen-bond acceptors (Lipinski definition) is 1. The molecule has 0 aliphatic heterocycles. The van der Waals surface area contributed by atoms with Crippen LogP contribution in [0.3, 0.4) is 0 Å². The third kappa shape index (κ3) is 7.62. The summed E-state index contributed by atoms with van der Waals surface area (Å²) >= 11 is 0. The molecule has 1 unspecified atom stereocenters. The van der Waals surface area contributed by atoms with Crippen LogP contribution in [0.15, 0.2) is 0 Å². The highest BCUT2D eigenvalue weighted by molar-refractivity contribution is 5.72. The number of carbonyl (C=O) groups is 1. The van der Waals surface area contributed by atoms with Gasteiger partial charge >= 0.3 is 5.97 Å². The molecule has 0 saturated heterocycles. The Bertz CT molecular complexity index is 257. The Morgan fingerprint density at radius 1 is 0.773 bits per heavy atom. The van der Waals surface area contributed by atoms with E-state index in [1.807, 2.05) is 0 Å². The van der Waals surface area contributed by atoms with E-state index >= 15 is 0 Å². The highest BCUT2D eigenvalue weighted by atomic mass is 16.4. The molecule has 3 heteroatoms. The summed E-state index contributed by atoms with van der Waals surface area (Å²) in [6, 6.07) is -0.198. The third-order valence-electron chi connectivity index (χ3n) is 4.90. The third-order valence-corrected chi connectivity index (χ3v) is 4.90. The first-order chi connectivity index (χ1) is 10.6. The van der Waals surface area contributed by atoms with Crippen LogP contribution in [0, 0.1) is 0 Å². The molecule has 0 heterocycles. The maximum atomic E-state index is 12.0. The zero-order valence-electron chi connectivity index (χ0n) is 15.6. The largest absolute Gasteiger partial charge is 0.477 e. The van der Waals surface area contributed by atoms with Crippen molar-refractivity contribution in [3.05, 3.63) is 0 Å². The summed E-state index contributed by atoms with van der Waals surface area (Å²) in [7, 11) is 0. The normalized spacial score (nSPS) is 13.3. The minimum Gasteiger partial charge on any atom is -0.477 e. The Morgan fingerprint density at radius 3 is 1.50 bits per heavy atom. The molecule has 0 aromatic heterocycles. The van der Waals surface area contributed by atoms with E-state index in [1.165, 1.54) is 0 Å². The minimum atomic E-state index is -0.570. The Kier molecular flexibility index (Phi) is 12.6. The molecule has 0 amide bonds. The minimum absolute atomic E-state index is 0.198. The summed E-state index contributed by atoms with van der Waals surface area (Å²) in [5.74, 6) is -0.570. The van der Waals surface area contributed by atoms with Crippen LogP contribution in [0.25, 0.3) is 0 Å². The lowest BCUT2D eigenvalue weighted by Gasteiger charge is -2.43. The van der Waals surface area contributed by atoms with E-state index < -0.39 is 5.97 Å². The van der Waals surface area contributed by atoms with Crippen molar-refractivity contribution >= 4 is 5.97 Å². The first kappa shape index (κ1) is 21.4. The Labute approximate surface area is 138 Å². The van der Waals surface area contributed by atoms with Gasteiger partial charge < -0.3 is 9.59 Å². The number of unbranched alkanes of at least 4 members (excludes halogenated alkanes) is 5. The number of carboxylic acids is 1. The second-order valence-electron chi connectivity index (χ2n) is 6.80. The molecule has 0 aliphatic carbocycles. The predicted octanol–water partition coefficient (Wildman–Crippen LogP) is 5.24. The van der Waals surface area contributed by atoms with Gasteiger partial charge in [0.2, 0.25) is 0 Å². The van der Waals surface area contributed by atoms with E-state index in [2.05, 4.69) is 27.7 Å². The van der Waals surface area contributed by atoms with E-state index in [1.54, 1.807) is 0 Å². The van der Waals surface area contributed by atoms with Crippen molar-refractivity contribution in [2.24, 2.45) is 0 Å². The first-order valence-corrected chi connectivity index (χ1v) is 9.66. The predicted molar refractivity (Wildman–Crippen MR) is 95.2 cm³/mol. The van der Waals surface area contributed by atoms with Crippen molar-refractivity contribution < 1.29 is 14.4 Å².